The first-order valence-electron chi connectivity index (χ1n) is 5.88. The van der Waals surface area contributed by atoms with Crippen molar-refractivity contribution in [2.75, 3.05) is 31.2 Å². The van der Waals surface area contributed by atoms with Crippen molar-refractivity contribution in [2.45, 2.75) is 6.04 Å². The van der Waals surface area contributed by atoms with E-state index in [0.29, 0.717) is 18.9 Å². The molecular weight excluding hydrogens is 276 g/mol. The quantitative estimate of drug-likeness (QED) is 0.837. The van der Waals surface area contributed by atoms with Gasteiger partial charge in [0.2, 0.25) is 5.91 Å². The highest BCUT2D eigenvalue weighted by molar-refractivity contribution is 5.99. The summed E-state index contributed by atoms with van der Waals surface area (Å²) in [5.41, 5.74) is 0.410. The van der Waals surface area contributed by atoms with Crippen molar-refractivity contribution in [1.29, 1.82) is 0 Å². The van der Waals surface area contributed by atoms with Crippen molar-refractivity contribution in [3.63, 3.8) is 0 Å². The molecule has 2 aliphatic heterocycles. The van der Waals surface area contributed by atoms with Gasteiger partial charge in [0, 0.05) is 31.4 Å². The minimum Gasteiger partial charge on any atom is -0.313 e. The first-order chi connectivity index (χ1) is 8.66. The number of carbonyl (C=O) groups is 1. The van der Waals surface area contributed by atoms with Crippen LogP contribution in [0.15, 0.2) is 18.2 Å². The molecule has 1 atom stereocenters. The van der Waals surface area contributed by atoms with Crippen LogP contribution in [0.4, 0.5) is 14.5 Å². The highest BCUT2D eigenvalue weighted by Gasteiger charge is 2.40. The molecule has 2 heterocycles. The van der Waals surface area contributed by atoms with Crippen LogP contribution in [-0.2, 0) is 4.79 Å². The molecule has 104 valence electrons. The first kappa shape index (κ1) is 14.2. The number of piperazine rings is 1. The van der Waals surface area contributed by atoms with Gasteiger partial charge in [-0.05, 0) is 12.1 Å². The third kappa shape index (κ3) is 2.43. The molecule has 3 rings (SSSR count). The maximum Gasteiger partial charge on any atom is 0.246 e. The molecule has 0 radical (unpaired) electrons. The summed E-state index contributed by atoms with van der Waals surface area (Å²) < 4.78 is 26.1. The second kappa shape index (κ2) is 5.40. The van der Waals surface area contributed by atoms with E-state index in [-0.39, 0.29) is 24.4 Å². The van der Waals surface area contributed by atoms with Crippen LogP contribution in [0, 0.1) is 11.6 Å². The number of halogens is 3. The van der Waals surface area contributed by atoms with Gasteiger partial charge in [0.1, 0.15) is 6.04 Å². The standard InChI is InChI=1S/C12H13F2N3O.ClH/c13-9-2-1-8(5-10(9)14)17-7-16-4-3-15-6-11(16)12(17)18;/h1-2,5,11,15H,3-4,6-7H2;1H. The van der Waals surface area contributed by atoms with Gasteiger partial charge in [0.15, 0.2) is 11.6 Å². The fourth-order valence-electron chi connectivity index (χ4n) is 2.45. The zero-order valence-corrected chi connectivity index (χ0v) is 10.9. The van der Waals surface area contributed by atoms with E-state index in [1.807, 2.05) is 4.90 Å². The van der Waals surface area contributed by atoms with E-state index in [4.69, 9.17) is 0 Å². The van der Waals surface area contributed by atoms with E-state index in [2.05, 4.69) is 5.32 Å². The van der Waals surface area contributed by atoms with Crippen LogP contribution in [0.2, 0.25) is 0 Å². The molecule has 7 heteroatoms. The van der Waals surface area contributed by atoms with Crippen molar-refractivity contribution < 1.29 is 13.6 Å². The number of hydrogen-bond donors (Lipinski definition) is 1. The van der Waals surface area contributed by atoms with Crippen LogP contribution in [0.3, 0.4) is 0 Å². The van der Waals surface area contributed by atoms with Gasteiger partial charge in [0.25, 0.3) is 0 Å². The van der Waals surface area contributed by atoms with Gasteiger partial charge in [-0.1, -0.05) is 0 Å². The Morgan fingerprint density at radius 3 is 2.74 bits per heavy atom. The molecule has 1 N–H and O–H groups in total. The lowest BCUT2D eigenvalue weighted by Gasteiger charge is -2.26. The lowest BCUT2D eigenvalue weighted by atomic mass is 10.2. The molecule has 0 spiro atoms. The van der Waals surface area contributed by atoms with Gasteiger partial charge in [-0.2, -0.15) is 0 Å². The minimum atomic E-state index is -0.928. The number of anilines is 1. The molecule has 0 aromatic heterocycles. The molecular formula is C12H14ClF2N3O. The summed E-state index contributed by atoms with van der Waals surface area (Å²) in [4.78, 5) is 15.7. The third-order valence-electron chi connectivity index (χ3n) is 3.44. The molecule has 1 amide bonds. The number of benzene rings is 1. The Hall–Kier alpha value is -1.24. The highest BCUT2D eigenvalue weighted by atomic mass is 35.5. The maximum absolute atomic E-state index is 13.2. The Balaban J connectivity index is 0.00000133. The summed E-state index contributed by atoms with van der Waals surface area (Å²) in [7, 11) is 0. The molecule has 2 aliphatic rings. The molecule has 4 nitrogen and oxygen atoms in total. The Bertz CT molecular complexity index is 500. The predicted molar refractivity (Wildman–Crippen MR) is 69.3 cm³/mol. The number of hydrogen-bond acceptors (Lipinski definition) is 3. The third-order valence-corrected chi connectivity index (χ3v) is 3.44. The van der Waals surface area contributed by atoms with Gasteiger partial charge in [-0.15, -0.1) is 12.4 Å². The van der Waals surface area contributed by atoms with Crippen molar-refractivity contribution in [3.05, 3.63) is 29.8 Å². The SMILES string of the molecule is Cl.O=C1C2CNCCN2CN1c1ccc(F)c(F)c1. The number of nitrogens with zero attached hydrogens (tertiary/aromatic N) is 2. The van der Waals surface area contributed by atoms with Crippen LogP contribution in [0.25, 0.3) is 0 Å². The number of nitrogens with one attached hydrogen (secondary N) is 1. The van der Waals surface area contributed by atoms with Crippen molar-refractivity contribution in [2.24, 2.45) is 0 Å². The van der Waals surface area contributed by atoms with Gasteiger partial charge in [-0.3, -0.25) is 14.6 Å². The molecule has 1 unspecified atom stereocenters. The predicted octanol–water partition coefficient (Wildman–Crippen LogP) is 0.964. The Morgan fingerprint density at radius 1 is 1.26 bits per heavy atom. The molecule has 1 aromatic rings. The summed E-state index contributed by atoms with van der Waals surface area (Å²) in [6, 6.07) is 3.36. The van der Waals surface area contributed by atoms with Gasteiger partial charge in [-0.25, -0.2) is 8.78 Å². The summed E-state index contributed by atoms with van der Waals surface area (Å²) in [5.74, 6) is -1.89. The van der Waals surface area contributed by atoms with Crippen molar-refractivity contribution in [1.82, 2.24) is 10.2 Å². The summed E-state index contributed by atoms with van der Waals surface area (Å²) in [5, 5.41) is 3.16. The normalized spacial score (nSPS) is 23.2. The number of carbonyl (C=O) groups excluding carboxylic acids is 1. The summed E-state index contributed by atoms with van der Waals surface area (Å²) in [6.45, 7) is 2.68. The van der Waals surface area contributed by atoms with Gasteiger partial charge < -0.3 is 5.32 Å². The molecule has 0 bridgehead atoms. The molecule has 0 saturated carbocycles. The molecule has 2 fully saturated rings. The average molecular weight is 290 g/mol. The Labute approximate surface area is 115 Å². The van der Waals surface area contributed by atoms with E-state index in [1.54, 1.807) is 0 Å². The van der Waals surface area contributed by atoms with Crippen LogP contribution in [-0.4, -0.2) is 43.2 Å². The lowest BCUT2D eigenvalue weighted by Crippen LogP contribution is -2.50. The number of rotatable bonds is 1. The first-order valence-corrected chi connectivity index (χ1v) is 5.88. The van der Waals surface area contributed by atoms with Gasteiger partial charge >= 0.3 is 0 Å². The topological polar surface area (TPSA) is 35.6 Å². The number of fused-ring (bicyclic) bond motifs is 1. The van der Waals surface area contributed by atoms with E-state index in [1.165, 1.54) is 11.0 Å². The summed E-state index contributed by atoms with van der Waals surface area (Å²) >= 11 is 0. The van der Waals surface area contributed by atoms with Crippen LogP contribution in [0.1, 0.15) is 0 Å². The van der Waals surface area contributed by atoms with E-state index >= 15 is 0 Å². The fraction of sp³-hybridized carbons (Fsp3) is 0.417. The molecule has 19 heavy (non-hydrogen) atoms. The summed E-state index contributed by atoms with van der Waals surface area (Å²) in [6.07, 6.45) is 0. The van der Waals surface area contributed by atoms with Crippen LogP contribution in [0.5, 0.6) is 0 Å². The monoisotopic (exact) mass is 289 g/mol. The smallest absolute Gasteiger partial charge is 0.246 e. The fourth-order valence-corrected chi connectivity index (χ4v) is 2.45. The molecule has 0 aliphatic carbocycles. The average Bonchev–Trinajstić information content (AvgIpc) is 2.71. The Morgan fingerprint density at radius 2 is 2.05 bits per heavy atom. The zero-order chi connectivity index (χ0) is 12.7. The van der Waals surface area contributed by atoms with Crippen LogP contribution >= 0.6 is 12.4 Å². The van der Waals surface area contributed by atoms with E-state index < -0.39 is 11.6 Å². The largest absolute Gasteiger partial charge is 0.313 e. The van der Waals surface area contributed by atoms with Crippen LogP contribution < -0.4 is 10.2 Å². The molecule has 1 aromatic carbocycles. The number of amides is 1. The lowest BCUT2D eigenvalue weighted by molar-refractivity contribution is -0.119. The second-order valence-electron chi connectivity index (χ2n) is 4.54. The maximum atomic E-state index is 13.2. The van der Waals surface area contributed by atoms with Gasteiger partial charge in [0.05, 0.1) is 6.67 Å². The van der Waals surface area contributed by atoms with Crippen molar-refractivity contribution in [3.8, 4) is 0 Å². The van der Waals surface area contributed by atoms with Crippen molar-refractivity contribution >= 4 is 24.0 Å². The minimum absolute atomic E-state index is 0. The van der Waals surface area contributed by atoms with E-state index in [0.717, 1.165) is 25.2 Å². The zero-order valence-electron chi connectivity index (χ0n) is 10.1. The Kier molecular flexibility index (Phi) is 4.03. The highest BCUT2D eigenvalue weighted by Crippen LogP contribution is 2.25. The molecule has 2 saturated heterocycles. The van der Waals surface area contributed by atoms with E-state index in [9.17, 15) is 13.6 Å². The second-order valence-corrected chi connectivity index (χ2v) is 4.54.